The molecule has 0 saturated carbocycles. The number of fused-ring (bicyclic) bond motifs is 1. The molecule has 0 saturated heterocycles. The van der Waals surface area contributed by atoms with E-state index in [1.807, 2.05) is 38.3 Å². The summed E-state index contributed by atoms with van der Waals surface area (Å²) in [5.74, 6) is -0.341. The van der Waals surface area contributed by atoms with Gasteiger partial charge < -0.3 is 5.32 Å². The highest BCUT2D eigenvalue weighted by atomic mass is 32.1. The van der Waals surface area contributed by atoms with Crippen LogP contribution in [0.15, 0.2) is 59.0 Å². The number of nitrogens with one attached hydrogen (secondary N) is 1. The normalized spacial score (nSPS) is 12.3. The molecule has 0 aliphatic heterocycles. The monoisotopic (exact) mass is 419 g/mol. The largest absolute Gasteiger partial charge is 0.342 e. The van der Waals surface area contributed by atoms with Gasteiger partial charge in [-0.2, -0.15) is 5.10 Å². The van der Waals surface area contributed by atoms with Crippen LogP contribution in [-0.4, -0.2) is 25.7 Å². The van der Waals surface area contributed by atoms with Gasteiger partial charge in [-0.1, -0.05) is 18.2 Å². The van der Waals surface area contributed by atoms with E-state index in [2.05, 4.69) is 20.4 Å². The summed E-state index contributed by atoms with van der Waals surface area (Å²) in [6.07, 6.45) is 3.47. The Morgan fingerprint density at radius 1 is 1.10 bits per heavy atom. The number of carbonyl (C=O) groups excluding carboxylic acids is 1. The first kappa shape index (κ1) is 19.9. The van der Waals surface area contributed by atoms with Crippen LogP contribution in [0.2, 0.25) is 0 Å². The third kappa shape index (κ3) is 3.73. The quantitative estimate of drug-likeness (QED) is 0.528. The van der Waals surface area contributed by atoms with E-state index in [-0.39, 0.29) is 29.2 Å². The lowest BCUT2D eigenvalue weighted by molar-refractivity contribution is 0.0934. The van der Waals surface area contributed by atoms with Crippen molar-refractivity contribution in [2.45, 2.75) is 32.9 Å². The minimum absolute atomic E-state index is 0.160. The van der Waals surface area contributed by atoms with Crippen molar-refractivity contribution in [1.82, 2.24) is 25.1 Å². The van der Waals surface area contributed by atoms with E-state index in [0.29, 0.717) is 10.8 Å². The molecule has 0 aliphatic carbocycles. The van der Waals surface area contributed by atoms with Crippen LogP contribution in [0.3, 0.4) is 0 Å². The Morgan fingerprint density at radius 2 is 1.87 bits per heavy atom. The molecule has 0 aliphatic rings. The Morgan fingerprint density at radius 3 is 2.57 bits per heavy atom. The predicted molar refractivity (Wildman–Crippen MR) is 118 cm³/mol. The maximum atomic E-state index is 13.1. The molecule has 8 heteroatoms. The molecule has 30 heavy (non-hydrogen) atoms. The number of benzene rings is 1. The fraction of sp³-hybridized carbons (Fsp3) is 0.227. The molecule has 1 aromatic carbocycles. The lowest BCUT2D eigenvalue weighted by Gasteiger charge is -2.15. The Labute approximate surface area is 177 Å². The third-order valence-corrected chi connectivity index (χ3v) is 5.76. The van der Waals surface area contributed by atoms with Crippen LogP contribution in [0.5, 0.6) is 0 Å². The molecular formula is C22H21N5O2S. The van der Waals surface area contributed by atoms with Gasteiger partial charge in [0.15, 0.2) is 5.69 Å². The second-order valence-corrected chi connectivity index (χ2v) is 8.14. The molecule has 4 aromatic rings. The second-order valence-electron chi connectivity index (χ2n) is 7.25. The highest BCUT2D eigenvalue weighted by Gasteiger charge is 2.21. The van der Waals surface area contributed by atoms with Gasteiger partial charge >= 0.3 is 0 Å². The van der Waals surface area contributed by atoms with E-state index in [1.165, 1.54) is 16.0 Å². The predicted octanol–water partition coefficient (Wildman–Crippen LogP) is 3.99. The molecule has 0 fully saturated rings. The standard InChI is InChI=1S/C22H21N5O2S/c1-13(2)27-22(29)17-9-5-4-8-16(17)19(26-27)20(28)24-14(3)21-25-18(12-30-21)15-7-6-10-23-11-15/h4-14H,1-3H3,(H,24,28). The van der Waals surface area contributed by atoms with Gasteiger partial charge in [-0.05, 0) is 39.0 Å². The van der Waals surface area contributed by atoms with Crippen molar-refractivity contribution >= 4 is 28.0 Å². The third-order valence-electron chi connectivity index (χ3n) is 4.73. The number of thiazole rings is 1. The van der Waals surface area contributed by atoms with Crippen molar-refractivity contribution in [2.24, 2.45) is 0 Å². The minimum atomic E-state index is -0.341. The smallest absolute Gasteiger partial charge is 0.274 e. The molecule has 0 radical (unpaired) electrons. The van der Waals surface area contributed by atoms with Gasteiger partial charge in [-0.3, -0.25) is 14.6 Å². The lowest BCUT2D eigenvalue weighted by Crippen LogP contribution is -2.32. The van der Waals surface area contributed by atoms with Crippen LogP contribution in [0, 0.1) is 0 Å². The van der Waals surface area contributed by atoms with Gasteiger partial charge in [-0.25, -0.2) is 9.67 Å². The van der Waals surface area contributed by atoms with Crippen LogP contribution in [0.1, 0.15) is 48.4 Å². The zero-order valence-corrected chi connectivity index (χ0v) is 17.7. The summed E-state index contributed by atoms with van der Waals surface area (Å²) in [5.41, 5.74) is 1.78. The van der Waals surface area contributed by atoms with E-state index in [1.54, 1.807) is 36.7 Å². The molecule has 1 unspecified atom stereocenters. The highest BCUT2D eigenvalue weighted by Crippen LogP contribution is 2.25. The lowest BCUT2D eigenvalue weighted by atomic mass is 10.1. The van der Waals surface area contributed by atoms with Crippen LogP contribution < -0.4 is 10.9 Å². The summed E-state index contributed by atoms with van der Waals surface area (Å²) in [4.78, 5) is 34.5. The van der Waals surface area contributed by atoms with E-state index in [0.717, 1.165) is 16.3 Å². The summed E-state index contributed by atoms with van der Waals surface area (Å²) < 4.78 is 1.35. The van der Waals surface area contributed by atoms with Crippen LogP contribution in [0.25, 0.3) is 22.0 Å². The number of hydrogen-bond acceptors (Lipinski definition) is 6. The average molecular weight is 420 g/mol. The second kappa shape index (κ2) is 8.16. The number of nitrogens with zero attached hydrogens (tertiary/aromatic N) is 4. The molecule has 3 heterocycles. The highest BCUT2D eigenvalue weighted by molar-refractivity contribution is 7.10. The molecule has 0 spiro atoms. The minimum Gasteiger partial charge on any atom is -0.342 e. The topological polar surface area (TPSA) is 89.8 Å². The number of pyridine rings is 1. The molecule has 152 valence electrons. The van der Waals surface area contributed by atoms with Gasteiger partial charge in [-0.15, -0.1) is 11.3 Å². The van der Waals surface area contributed by atoms with Crippen molar-refractivity contribution < 1.29 is 4.79 Å². The van der Waals surface area contributed by atoms with E-state index in [9.17, 15) is 9.59 Å². The van der Waals surface area contributed by atoms with Crippen LogP contribution in [-0.2, 0) is 0 Å². The number of amides is 1. The zero-order valence-electron chi connectivity index (χ0n) is 16.9. The van der Waals surface area contributed by atoms with Crippen molar-refractivity contribution in [3.8, 4) is 11.3 Å². The SMILES string of the molecule is CC(NC(=O)c1nn(C(C)C)c(=O)c2ccccc12)c1nc(-c2cccnc2)cs1. The maximum absolute atomic E-state index is 13.1. The Kier molecular flexibility index (Phi) is 5.41. The van der Waals surface area contributed by atoms with Crippen molar-refractivity contribution in [1.29, 1.82) is 0 Å². The van der Waals surface area contributed by atoms with Gasteiger partial charge in [0.05, 0.1) is 23.2 Å². The summed E-state index contributed by atoms with van der Waals surface area (Å²) in [6, 6.07) is 10.4. The summed E-state index contributed by atoms with van der Waals surface area (Å²) in [7, 11) is 0. The fourth-order valence-electron chi connectivity index (χ4n) is 3.18. The first-order valence-corrected chi connectivity index (χ1v) is 10.5. The first-order chi connectivity index (χ1) is 14.5. The van der Waals surface area contributed by atoms with Crippen LogP contribution >= 0.6 is 11.3 Å². The Balaban J connectivity index is 1.64. The van der Waals surface area contributed by atoms with Gasteiger partial charge in [0, 0.05) is 28.7 Å². The molecular weight excluding hydrogens is 398 g/mol. The van der Waals surface area contributed by atoms with Crippen molar-refractivity contribution in [2.75, 3.05) is 0 Å². The van der Waals surface area contributed by atoms with E-state index >= 15 is 0 Å². The Bertz CT molecular complexity index is 1260. The average Bonchev–Trinajstić information content (AvgIpc) is 3.25. The fourth-order valence-corrected chi connectivity index (χ4v) is 4.02. The number of hydrogen-bond donors (Lipinski definition) is 1. The number of rotatable bonds is 5. The van der Waals surface area contributed by atoms with E-state index < -0.39 is 0 Å². The van der Waals surface area contributed by atoms with Gasteiger partial charge in [0.2, 0.25) is 0 Å². The maximum Gasteiger partial charge on any atom is 0.274 e. The molecule has 7 nitrogen and oxygen atoms in total. The first-order valence-electron chi connectivity index (χ1n) is 9.64. The molecule has 4 rings (SSSR count). The molecule has 1 atom stereocenters. The van der Waals surface area contributed by atoms with E-state index in [4.69, 9.17) is 0 Å². The molecule has 0 bridgehead atoms. The van der Waals surface area contributed by atoms with Crippen molar-refractivity contribution in [3.63, 3.8) is 0 Å². The summed E-state index contributed by atoms with van der Waals surface area (Å²) in [6.45, 7) is 5.61. The van der Waals surface area contributed by atoms with Gasteiger partial charge in [0.25, 0.3) is 11.5 Å². The summed E-state index contributed by atoms with van der Waals surface area (Å²) in [5, 5.41) is 11.1. The molecule has 1 N–H and O–H groups in total. The number of aromatic nitrogens is 4. The van der Waals surface area contributed by atoms with Crippen molar-refractivity contribution in [3.05, 3.63) is 75.2 Å². The van der Waals surface area contributed by atoms with Crippen LogP contribution in [0.4, 0.5) is 0 Å². The molecule has 3 aromatic heterocycles. The Hall–Kier alpha value is -3.39. The number of carbonyl (C=O) groups is 1. The summed E-state index contributed by atoms with van der Waals surface area (Å²) >= 11 is 1.47. The zero-order chi connectivity index (χ0) is 21.3. The van der Waals surface area contributed by atoms with Gasteiger partial charge in [0.1, 0.15) is 5.01 Å². The molecule has 1 amide bonds.